The lowest BCUT2D eigenvalue weighted by atomic mass is 9.95. The lowest BCUT2D eigenvalue weighted by molar-refractivity contribution is -0.136. The van der Waals surface area contributed by atoms with Gasteiger partial charge in [0.05, 0.1) is 11.6 Å². The number of aliphatic carboxylic acids is 1. The second-order valence-corrected chi connectivity index (χ2v) is 6.45. The molecule has 5 heteroatoms. The number of aromatic nitrogens is 1. The highest BCUT2D eigenvalue weighted by Gasteiger charge is 2.24. The number of carboxylic acids is 1. The van der Waals surface area contributed by atoms with Crippen molar-refractivity contribution < 1.29 is 9.90 Å². The molecule has 2 N–H and O–H groups in total. The molecule has 2 unspecified atom stereocenters. The van der Waals surface area contributed by atoms with Crippen LogP contribution in [0.5, 0.6) is 0 Å². The molecule has 4 nitrogen and oxygen atoms in total. The largest absolute Gasteiger partial charge is 0.480 e. The first kappa shape index (κ1) is 16.1. The Morgan fingerprint density at radius 3 is 2.79 bits per heavy atom. The van der Waals surface area contributed by atoms with Crippen molar-refractivity contribution in [2.24, 2.45) is 0 Å². The summed E-state index contributed by atoms with van der Waals surface area (Å²) in [6.45, 7) is 8.50. The predicted octanol–water partition coefficient (Wildman–Crippen LogP) is 3.04. The van der Waals surface area contributed by atoms with Crippen LogP contribution in [-0.4, -0.2) is 28.1 Å². The monoisotopic (exact) mass is 284 g/mol. The van der Waals surface area contributed by atoms with Crippen molar-refractivity contribution in [3.63, 3.8) is 0 Å². The van der Waals surface area contributed by atoms with E-state index in [2.05, 4.69) is 38.0 Å². The third-order valence-corrected chi connectivity index (χ3v) is 4.89. The molecule has 1 rings (SSSR count). The summed E-state index contributed by atoms with van der Waals surface area (Å²) in [5, 5.41) is 13.0. The Balaban J connectivity index is 2.69. The summed E-state index contributed by atoms with van der Waals surface area (Å²) in [5.74, 6) is -0.273. The van der Waals surface area contributed by atoms with Gasteiger partial charge in [-0.15, -0.1) is 11.3 Å². The van der Waals surface area contributed by atoms with E-state index >= 15 is 0 Å². The highest BCUT2D eigenvalue weighted by Crippen LogP contribution is 2.27. The maximum Gasteiger partial charge on any atom is 0.317 e. The molecule has 108 valence electrons. The predicted molar refractivity (Wildman–Crippen MR) is 78.9 cm³/mol. The number of rotatable bonds is 8. The molecule has 0 aromatic carbocycles. The molecule has 0 bridgehead atoms. The van der Waals surface area contributed by atoms with Gasteiger partial charge < -0.3 is 10.4 Å². The van der Waals surface area contributed by atoms with E-state index in [-0.39, 0.29) is 12.1 Å². The third-order valence-electron chi connectivity index (χ3n) is 3.66. The Kier molecular flexibility index (Phi) is 5.94. The van der Waals surface area contributed by atoms with E-state index in [0.717, 1.165) is 24.3 Å². The molecule has 0 fully saturated rings. The van der Waals surface area contributed by atoms with Gasteiger partial charge in [-0.2, -0.15) is 0 Å². The normalized spacial score (nSPS) is 16.0. The molecule has 19 heavy (non-hydrogen) atoms. The molecular formula is C14H24N2O2S. The van der Waals surface area contributed by atoms with E-state index in [1.54, 1.807) is 11.3 Å². The number of hydrogen-bond acceptors (Lipinski definition) is 4. The van der Waals surface area contributed by atoms with Crippen LogP contribution in [0.2, 0.25) is 0 Å². The van der Waals surface area contributed by atoms with Crippen LogP contribution in [0.15, 0.2) is 6.20 Å². The number of nitrogens with zero attached hydrogens (tertiary/aromatic N) is 1. The minimum Gasteiger partial charge on any atom is -0.480 e. The second-order valence-electron chi connectivity index (χ2n) is 5.30. The number of carboxylic acid groups (broad SMARTS) is 1. The molecule has 0 radical (unpaired) electrons. The van der Waals surface area contributed by atoms with Gasteiger partial charge in [0.2, 0.25) is 0 Å². The highest BCUT2D eigenvalue weighted by atomic mass is 32.1. The van der Waals surface area contributed by atoms with Crippen LogP contribution in [0, 0.1) is 0 Å². The van der Waals surface area contributed by atoms with Gasteiger partial charge in [-0.05, 0) is 25.7 Å². The molecule has 0 amide bonds. The first-order valence-corrected chi connectivity index (χ1v) is 7.63. The summed E-state index contributed by atoms with van der Waals surface area (Å²) in [6, 6.07) is 0. The molecule has 0 aliphatic carbocycles. The van der Waals surface area contributed by atoms with Crippen molar-refractivity contribution >= 4 is 17.3 Å². The summed E-state index contributed by atoms with van der Waals surface area (Å²) in [7, 11) is 0. The molecule has 1 aromatic heterocycles. The molecule has 2 atom stereocenters. The van der Waals surface area contributed by atoms with Gasteiger partial charge in [0, 0.05) is 23.0 Å². The first-order valence-electron chi connectivity index (χ1n) is 6.81. The lowest BCUT2D eigenvalue weighted by Crippen LogP contribution is -2.46. The Morgan fingerprint density at radius 1 is 1.58 bits per heavy atom. The quantitative estimate of drug-likeness (QED) is 0.770. The summed E-state index contributed by atoms with van der Waals surface area (Å²) >= 11 is 1.74. The standard InChI is InChI=1S/C14H24N2O2S/c1-5-10(3)11-8-15-12(19-11)7-14(4,6-2)16-9-13(17)18/h8,10,16H,5-7,9H2,1-4H3,(H,17,18). The van der Waals surface area contributed by atoms with Crippen LogP contribution in [0.3, 0.4) is 0 Å². The fourth-order valence-electron chi connectivity index (χ4n) is 1.77. The van der Waals surface area contributed by atoms with Gasteiger partial charge in [-0.1, -0.05) is 20.8 Å². The van der Waals surface area contributed by atoms with Crippen molar-refractivity contribution in [3.05, 3.63) is 16.1 Å². The fraction of sp³-hybridized carbons (Fsp3) is 0.714. The average molecular weight is 284 g/mol. The lowest BCUT2D eigenvalue weighted by Gasteiger charge is -2.28. The van der Waals surface area contributed by atoms with Crippen molar-refractivity contribution in [2.75, 3.05) is 6.54 Å². The molecule has 1 heterocycles. The van der Waals surface area contributed by atoms with E-state index < -0.39 is 5.97 Å². The minimum absolute atomic E-state index is 0.00602. The maximum atomic E-state index is 10.7. The van der Waals surface area contributed by atoms with Gasteiger partial charge in [-0.25, -0.2) is 4.98 Å². The molecule has 0 spiro atoms. The Hall–Kier alpha value is -0.940. The van der Waals surface area contributed by atoms with Crippen LogP contribution in [0.4, 0.5) is 0 Å². The van der Waals surface area contributed by atoms with Gasteiger partial charge in [-0.3, -0.25) is 4.79 Å². The molecule has 0 saturated heterocycles. The van der Waals surface area contributed by atoms with Crippen molar-refractivity contribution in [2.45, 2.75) is 58.4 Å². The van der Waals surface area contributed by atoms with Crippen molar-refractivity contribution in [1.82, 2.24) is 10.3 Å². The Morgan fingerprint density at radius 2 is 2.26 bits per heavy atom. The van der Waals surface area contributed by atoms with Crippen molar-refractivity contribution in [3.8, 4) is 0 Å². The van der Waals surface area contributed by atoms with E-state index in [4.69, 9.17) is 5.11 Å². The molecule has 0 aliphatic heterocycles. The zero-order chi connectivity index (χ0) is 14.5. The molecule has 0 saturated carbocycles. The van der Waals surface area contributed by atoms with Gasteiger partial charge in [0.15, 0.2) is 0 Å². The van der Waals surface area contributed by atoms with Crippen LogP contribution in [0.1, 0.15) is 56.3 Å². The number of hydrogen-bond donors (Lipinski definition) is 2. The second kappa shape index (κ2) is 7.01. The van der Waals surface area contributed by atoms with Crippen LogP contribution in [-0.2, 0) is 11.2 Å². The first-order chi connectivity index (χ1) is 8.90. The SMILES string of the molecule is CCC(C)c1cnc(CC(C)(CC)NCC(=O)O)s1. The average Bonchev–Trinajstić information content (AvgIpc) is 2.83. The zero-order valence-electron chi connectivity index (χ0n) is 12.2. The Labute approximate surface area is 119 Å². The van der Waals surface area contributed by atoms with E-state index in [1.165, 1.54) is 4.88 Å². The summed E-state index contributed by atoms with van der Waals surface area (Å²) in [5.41, 5.74) is -0.205. The van der Waals surface area contributed by atoms with Crippen molar-refractivity contribution in [1.29, 1.82) is 0 Å². The number of thiazole rings is 1. The Bertz CT molecular complexity index is 419. The van der Waals surface area contributed by atoms with Crippen LogP contribution < -0.4 is 5.32 Å². The molecule has 0 aliphatic rings. The van der Waals surface area contributed by atoms with E-state index in [1.807, 2.05) is 6.20 Å². The highest BCUT2D eigenvalue weighted by molar-refractivity contribution is 7.11. The van der Waals surface area contributed by atoms with E-state index in [9.17, 15) is 4.79 Å². The third kappa shape index (κ3) is 4.91. The number of nitrogens with one attached hydrogen (secondary N) is 1. The van der Waals surface area contributed by atoms with Gasteiger partial charge in [0.1, 0.15) is 0 Å². The molecular weight excluding hydrogens is 260 g/mol. The topological polar surface area (TPSA) is 62.2 Å². The summed E-state index contributed by atoms with van der Waals surface area (Å²) in [4.78, 5) is 16.5. The smallest absolute Gasteiger partial charge is 0.317 e. The summed E-state index contributed by atoms with van der Waals surface area (Å²) < 4.78 is 0. The van der Waals surface area contributed by atoms with E-state index in [0.29, 0.717) is 5.92 Å². The zero-order valence-corrected chi connectivity index (χ0v) is 13.0. The van der Waals surface area contributed by atoms with Crippen LogP contribution in [0.25, 0.3) is 0 Å². The van der Waals surface area contributed by atoms with Gasteiger partial charge in [0.25, 0.3) is 0 Å². The minimum atomic E-state index is -0.820. The summed E-state index contributed by atoms with van der Waals surface area (Å²) in [6.07, 6.45) is 4.72. The number of carbonyl (C=O) groups is 1. The van der Waals surface area contributed by atoms with Crippen LogP contribution >= 0.6 is 11.3 Å². The fourth-order valence-corrected chi connectivity index (χ4v) is 3.01. The van der Waals surface area contributed by atoms with Gasteiger partial charge >= 0.3 is 5.97 Å². The maximum absolute atomic E-state index is 10.7. The molecule has 1 aromatic rings.